The molecule has 0 aromatic heterocycles. The normalized spacial score (nSPS) is 18.1. The minimum atomic E-state index is -1.93. The molecule has 3 fully saturated rings. The number of carbonyl (C=O) groups is 15. The number of hydrogen-bond acceptors (Lipinski definition) is 22. The topological polar surface area (TPSA) is 677 Å². The average molecular weight is 1670 g/mol. The van der Waals surface area contributed by atoms with Crippen LogP contribution in [0.2, 0.25) is 0 Å². The van der Waals surface area contributed by atoms with Gasteiger partial charge in [-0.2, -0.15) is 0 Å². The Balaban J connectivity index is 1.41. The van der Waals surface area contributed by atoms with Gasteiger partial charge in [0, 0.05) is 51.9 Å². The molecule has 2 aromatic carbocycles. The lowest BCUT2D eigenvalue weighted by molar-refractivity contribution is -0.144. The Hall–Kier alpha value is -11.5. The minimum Gasteiger partial charge on any atom is -0.508 e. The van der Waals surface area contributed by atoms with Gasteiger partial charge < -0.3 is 123 Å². The van der Waals surface area contributed by atoms with E-state index in [2.05, 4.69) is 68.5 Å². The lowest BCUT2D eigenvalue weighted by Crippen LogP contribution is -2.61. The summed E-state index contributed by atoms with van der Waals surface area (Å²) in [4.78, 5) is 220. The molecule has 0 radical (unpaired) electrons. The van der Waals surface area contributed by atoms with Crippen LogP contribution < -0.4 is 92.9 Å². The number of aromatic hydroxyl groups is 2. The standard InChI is InChI=1S/C78H123N21O20/c1-7-43(6)63(73(115)96-57(76(118)119)37-42(4)5)97-70(112)55(39-45-21-25-47(101)26-22-45)95-72(114)59-18-13-35-99(59)75(117)52(16-11-33-86-78(83)84)90-64(106)48(15-10-32-85-77(81)82)89-71(113)58-17-12-34-98(58)74(116)51(14-8-9-31-79)91-69(111)56(40-60(80)102)94-66(108)50(28-30-62(104)105)88-68(110)54(38-44-19-23-46(100)24-20-44)93-67(109)53(36-41(2)3)92-65(107)49-27-29-61(103)87-49/h19-26,41-43,48-59,63,73,96,100-101,115H,7-18,27-40,79H2,1-6H3,(H2,80,102)(H,87,103)(H,88,110)(H,89,113)(H,90,106)(H,91,111)(H,92,107)(H,93,109)(H,94,108)(H,95,114)(H,97,112)(H,104,105)(H,118,119)(H4,81,82,85)(H4,83,84,86)/t43-,48-,49-,50-,51-,52-,53-,54-,55-,56-,57-,58-,59-,63-,73?/m0/s1. The predicted molar refractivity (Wildman–Crippen MR) is 434 cm³/mol. The number of hydrogen-bond donors (Lipinski definition) is 22. The van der Waals surface area contributed by atoms with Gasteiger partial charge in [0.1, 0.15) is 90.2 Å². The Labute approximate surface area is 690 Å². The highest BCUT2D eigenvalue weighted by atomic mass is 16.4. The SMILES string of the molecule is CC[C@H](C)[C@H](NC(=O)[C@H](Cc1ccc(O)cc1)NC(=O)[C@@H]1CCCN1C(=O)[C@H](CCCN=C(N)N)NC(=O)[C@H](CCCN=C(N)N)NC(=O)[C@@H]1CCCN1C(=O)[C@H](CCCCN)NC(=O)[C@H](CC(N)=O)NC(=O)[C@H](CCC(=O)O)NC(=O)[C@H](Cc1ccc(O)cc1)NC(=O)[C@H](CC(C)C)NC(=O)[C@@H]1CCC(=O)N1)C(O)N[C@@H](CC(C)C)C(=O)O. The zero-order valence-corrected chi connectivity index (χ0v) is 68.4. The molecule has 119 heavy (non-hydrogen) atoms. The van der Waals surface area contributed by atoms with E-state index < -0.39 is 193 Å². The molecule has 41 nitrogen and oxygen atoms in total. The number of phenolic OH excluding ortho intramolecular Hbond substituents is 2. The average Bonchev–Trinajstić information content (AvgIpc) is 1.76. The number of aliphatic imine (C=N–C) groups is 2. The van der Waals surface area contributed by atoms with E-state index in [1.807, 2.05) is 20.8 Å². The van der Waals surface area contributed by atoms with E-state index in [1.165, 1.54) is 58.3 Å². The van der Waals surface area contributed by atoms with Crippen LogP contribution >= 0.6 is 0 Å². The van der Waals surface area contributed by atoms with Gasteiger partial charge in [-0.25, -0.2) is 0 Å². The number of likely N-dealkylation sites (tertiary alicyclic amines) is 2. The third-order valence-corrected chi connectivity index (χ3v) is 20.6. The first-order valence-corrected chi connectivity index (χ1v) is 40.5. The Morgan fingerprint density at radius 2 is 0.916 bits per heavy atom. The highest BCUT2D eigenvalue weighted by Crippen LogP contribution is 2.25. The second-order valence-electron chi connectivity index (χ2n) is 31.2. The molecule has 28 N–H and O–H groups in total. The van der Waals surface area contributed by atoms with Crippen LogP contribution in [-0.2, 0) is 84.8 Å². The van der Waals surface area contributed by atoms with Gasteiger partial charge in [0.05, 0.1) is 12.5 Å². The third-order valence-electron chi connectivity index (χ3n) is 20.6. The van der Waals surface area contributed by atoms with Gasteiger partial charge in [0.25, 0.3) is 0 Å². The molecule has 3 aliphatic heterocycles. The number of carboxylic acids is 2. The summed E-state index contributed by atoms with van der Waals surface area (Å²) in [7, 11) is 0. The number of aliphatic hydroxyl groups excluding tert-OH is 1. The summed E-state index contributed by atoms with van der Waals surface area (Å²) in [5.41, 5.74) is 35.0. The third kappa shape index (κ3) is 33.1. The van der Waals surface area contributed by atoms with Crippen LogP contribution in [0, 0.1) is 17.8 Å². The summed E-state index contributed by atoms with van der Waals surface area (Å²) in [6.45, 7) is 10.7. The maximum Gasteiger partial charge on any atom is 0.320 e. The number of carbonyl (C=O) groups excluding carboxylic acids is 13. The largest absolute Gasteiger partial charge is 0.508 e. The summed E-state index contributed by atoms with van der Waals surface area (Å²) < 4.78 is 0. The molecule has 15 atom stereocenters. The number of phenols is 2. The minimum absolute atomic E-state index is 0.00803. The number of guanidine groups is 2. The summed E-state index contributed by atoms with van der Waals surface area (Å²) in [5.74, 6) is -15.6. The Kier molecular flexibility index (Phi) is 40.4. The summed E-state index contributed by atoms with van der Waals surface area (Å²) >= 11 is 0. The molecule has 0 saturated carbocycles. The number of carboxylic acid groups (broad SMARTS) is 2. The van der Waals surface area contributed by atoms with Crippen molar-refractivity contribution < 1.29 is 97.5 Å². The van der Waals surface area contributed by atoms with Crippen molar-refractivity contribution in [1.29, 1.82) is 0 Å². The number of unbranched alkanes of at least 4 members (excludes halogenated alkanes) is 1. The number of rotatable bonds is 51. The number of benzene rings is 2. The number of aliphatic hydroxyl groups is 1. The number of amides is 13. The van der Waals surface area contributed by atoms with Gasteiger partial charge in [-0.3, -0.25) is 87.2 Å². The molecule has 2 aromatic rings. The Morgan fingerprint density at radius 3 is 1.37 bits per heavy atom. The summed E-state index contributed by atoms with van der Waals surface area (Å²) in [6.07, 6.45) is -2.80. The van der Waals surface area contributed by atoms with Gasteiger partial charge in [-0.05, 0) is 156 Å². The van der Waals surface area contributed by atoms with E-state index in [1.54, 1.807) is 20.8 Å². The van der Waals surface area contributed by atoms with E-state index in [0.29, 0.717) is 24.0 Å². The van der Waals surface area contributed by atoms with Gasteiger partial charge in [0.15, 0.2) is 11.9 Å². The number of primary amides is 1. The maximum absolute atomic E-state index is 15.2. The number of nitrogens with two attached hydrogens (primary N) is 6. The Morgan fingerprint density at radius 1 is 0.504 bits per heavy atom. The first-order chi connectivity index (χ1) is 56.3. The number of nitrogens with one attached hydrogen (secondary N) is 11. The van der Waals surface area contributed by atoms with E-state index in [-0.39, 0.29) is 177 Å². The summed E-state index contributed by atoms with van der Waals surface area (Å²) in [6, 6.07) is -6.95. The highest BCUT2D eigenvalue weighted by molar-refractivity contribution is 6.01. The fourth-order valence-electron chi connectivity index (χ4n) is 14.1. The molecule has 0 spiro atoms. The fraction of sp³-hybridized carbons (Fsp3) is 0.628. The van der Waals surface area contributed by atoms with Crippen molar-refractivity contribution in [2.75, 3.05) is 32.7 Å². The monoisotopic (exact) mass is 1670 g/mol. The van der Waals surface area contributed by atoms with E-state index in [9.17, 15) is 87.9 Å². The molecule has 660 valence electrons. The van der Waals surface area contributed by atoms with Crippen LogP contribution in [-0.4, -0.2) is 253 Å². The summed E-state index contributed by atoms with van der Waals surface area (Å²) in [5, 5.41) is 80.6. The number of nitrogens with zero attached hydrogens (tertiary/aromatic N) is 4. The van der Waals surface area contributed by atoms with Crippen LogP contribution in [0.25, 0.3) is 0 Å². The van der Waals surface area contributed by atoms with E-state index >= 15 is 9.59 Å². The van der Waals surface area contributed by atoms with Crippen molar-refractivity contribution in [3.8, 4) is 11.5 Å². The first-order valence-electron chi connectivity index (χ1n) is 40.5. The molecule has 13 amide bonds. The number of aliphatic carboxylic acids is 2. The Bertz CT molecular complexity index is 3860. The first kappa shape index (κ1) is 98.1. The quantitative estimate of drug-likeness (QED) is 0.0130. The molecule has 5 rings (SSSR count). The second kappa shape index (κ2) is 49.0. The molecule has 0 bridgehead atoms. The maximum atomic E-state index is 15.2. The lowest BCUT2D eigenvalue weighted by Gasteiger charge is -2.34. The second-order valence-corrected chi connectivity index (χ2v) is 31.2. The lowest BCUT2D eigenvalue weighted by atomic mass is 9.95. The molecule has 0 aliphatic carbocycles. The van der Waals surface area contributed by atoms with Crippen molar-refractivity contribution >= 4 is 101 Å². The van der Waals surface area contributed by atoms with Crippen molar-refractivity contribution in [3.63, 3.8) is 0 Å². The van der Waals surface area contributed by atoms with E-state index in [4.69, 9.17) is 34.4 Å². The van der Waals surface area contributed by atoms with Gasteiger partial charge in [-0.15, -0.1) is 0 Å². The zero-order chi connectivity index (χ0) is 88.3. The molecular weight excluding hydrogens is 1550 g/mol. The van der Waals surface area contributed by atoms with Crippen molar-refractivity contribution in [2.45, 2.75) is 261 Å². The van der Waals surface area contributed by atoms with Gasteiger partial charge in [0.2, 0.25) is 76.8 Å². The highest BCUT2D eigenvalue weighted by Gasteiger charge is 2.44. The van der Waals surface area contributed by atoms with Gasteiger partial charge >= 0.3 is 11.9 Å². The predicted octanol–water partition coefficient (Wildman–Crippen LogP) is -4.02. The molecule has 3 heterocycles. The van der Waals surface area contributed by atoms with Crippen LogP contribution in [0.5, 0.6) is 11.5 Å². The van der Waals surface area contributed by atoms with E-state index in [0.717, 1.165) is 0 Å². The fourth-order valence-corrected chi connectivity index (χ4v) is 14.1. The van der Waals surface area contributed by atoms with Crippen LogP contribution in [0.15, 0.2) is 58.5 Å². The molecular formula is C78H123N21O20. The van der Waals surface area contributed by atoms with Crippen LogP contribution in [0.1, 0.15) is 175 Å². The van der Waals surface area contributed by atoms with Crippen molar-refractivity contribution in [2.24, 2.45) is 62.1 Å². The molecule has 3 saturated heterocycles. The molecule has 1 unspecified atom stereocenters. The zero-order valence-electron chi connectivity index (χ0n) is 68.4. The van der Waals surface area contributed by atoms with Crippen LogP contribution in [0.3, 0.4) is 0 Å². The smallest absolute Gasteiger partial charge is 0.320 e. The van der Waals surface area contributed by atoms with Gasteiger partial charge in [-0.1, -0.05) is 72.2 Å². The van der Waals surface area contributed by atoms with Crippen molar-refractivity contribution in [3.05, 3.63) is 59.7 Å². The molecule has 3 aliphatic rings. The van der Waals surface area contributed by atoms with Crippen molar-refractivity contribution in [1.82, 2.24) is 68.3 Å². The van der Waals surface area contributed by atoms with Crippen LogP contribution in [0.4, 0.5) is 0 Å². The molecule has 41 heteroatoms.